The lowest BCUT2D eigenvalue weighted by Gasteiger charge is -2.20. The first-order chi connectivity index (χ1) is 7.63. The topological polar surface area (TPSA) is 48.9 Å². The predicted octanol–water partition coefficient (Wildman–Crippen LogP) is 0.756. The zero-order valence-corrected chi connectivity index (χ0v) is 13.9. The van der Waals surface area contributed by atoms with Crippen molar-refractivity contribution in [3.8, 4) is 0 Å². The lowest BCUT2D eigenvalue weighted by molar-refractivity contribution is 0.0548. The van der Waals surface area contributed by atoms with Gasteiger partial charge in [-0.25, -0.2) is 0 Å². The fourth-order valence-electron chi connectivity index (χ4n) is 1.37. The average Bonchev–Trinajstić information content (AvgIpc) is 2.26. The Kier molecular flexibility index (Phi) is 14.0. The van der Waals surface area contributed by atoms with E-state index in [2.05, 4.69) is 34.6 Å². The van der Waals surface area contributed by atoms with Crippen molar-refractivity contribution in [2.75, 3.05) is 47.9 Å². The molecule has 0 bridgehead atoms. The molecule has 0 aliphatic rings. The molecule has 0 spiro atoms. The summed E-state index contributed by atoms with van der Waals surface area (Å²) in [6.07, 6.45) is 1.26. The van der Waals surface area contributed by atoms with E-state index in [1.807, 2.05) is 14.0 Å². The average molecular weight is 358 g/mol. The third-order valence-electron chi connectivity index (χ3n) is 2.26. The van der Waals surface area contributed by atoms with Gasteiger partial charge < -0.3 is 20.3 Å². The maximum absolute atomic E-state index is 5.66. The molecule has 0 heterocycles. The molecule has 0 saturated carbocycles. The molecule has 0 aromatic rings. The molecular weight excluding hydrogens is 331 g/mol. The monoisotopic (exact) mass is 358 g/mol. The van der Waals surface area contributed by atoms with E-state index in [1.54, 1.807) is 7.05 Å². The number of hydrogen-bond acceptors (Lipinski definition) is 3. The molecule has 0 aliphatic carbocycles. The van der Waals surface area contributed by atoms with Crippen LogP contribution >= 0.6 is 24.0 Å². The van der Waals surface area contributed by atoms with Crippen molar-refractivity contribution in [2.45, 2.75) is 19.4 Å². The van der Waals surface area contributed by atoms with Gasteiger partial charge in [-0.05, 0) is 27.4 Å². The van der Waals surface area contributed by atoms with E-state index in [-0.39, 0.29) is 30.1 Å². The molecule has 1 atom stereocenters. The van der Waals surface area contributed by atoms with E-state index in [0.29, 0.717) is 0 Å². The van der Waals surface area contributed by atoms with Gasteiger partial charge in [0.05, 0.1) is 6.10 Å². The van der Waals surface area contributed by atoms with Gasteiger partial charge in [-0.15, -0.1) is 24.0 Å². The Hall–Kier alpha value is -0.0800. The van der Waals surface area contributed by atoms with E-state index in [4.69, 9.17) is 4.74 Å². The third-order valence-corrected chi connectivity index (χ3v) is 2.26. The van der Waals surface area contributed by atoms with Gasteiger partial charge in [-0.3, -0.25) is 4.99 Å². The second kappa shape index (κ2) is 12.4. The van der Waals surface area contributed by atoms with E-state index >= 15 is 0 Å². The smallest absolute Gasteiger partial charge is 0.190 e. The summed E-state index contributed by atoms with van der Waals surface area (Å²) in [6, 6.07) is 0. The fourth-order valence-corrected chi connectivity index (χ4v) is 1.37. The minimum absolute atomic E-state index is 0. The van der Waals surface area contributed by atoms with Crippen molar-refractivity contribution < 1.29 is 4.74 Å². The number of aliphatic imine (C=N–C) groups is 1. The zero-order chi connectivity index (χ0) is 12.4. The normalized spacial score (nSPS) is 13.2. The highest BCUT2D eigenvalue weighted by molar-refractivity contribution is 14.0. The molecule has 0 aliphatic heterocycles. The zero-order valence-electron chi connectivity index (χ0n) is 11.6. The minimum atomic E-state index is 0. The van der Waals surface area contributed by atoms with Crippen LogP contribution in [0.3, 0.4) is 0 Å². The lowest BCUT2D eigenvalue weighted by atomic mass is 10.2. The highest BCUT2D eigenvalue weighted by Crippen LogP contribution is 1.98. The van der Waals surface area contributed by atoms with Crippen LogP contribution in [0.25, 0.3) is 0 Å². The molecule has 0 amide bonds. The van der Waals surface area contributed by atoms with E-state index < -0.39 is 0 Å². The molecule has 0 saturated heterocycles. The molecule has 5 nitrogen and oxygen atoms in total. The van der Waals surface area contributed by atoms with Gasteiger partial charge >= 0.3 is 0 Å². The Balaban J connectivity index is 0. The van der Waals surface area contributed by atoms with Crippen LogP contribution in [-0.2, 0) is 4.74 Å². The largest absolute Gasteiger partial charge is 0.377 e. The summed E-state index contributed by atoms with van der Waals surface area (Å²) in [7, 11) is 7.76. The van der Waals surface area contributed by atoms with Crippen LogP contribution in [0, 0.1) is 0 Å². The van der Waals surface area contributed by atoms with Crippen molar-refractivity contribution >= 4 is 29.9 Å². The summed E-state index contributed by atoms with van der Waals surface area (Å²) < 4.78 is 5.66. The third kappa shape index (κ3) is 10.8. The van der Waals surface area contributed by atoms with Crippen LogP contribution in [0.15, 0.2) is 4.99 Å². The van der Waals surface area contributed by atoms with Crippen LogP contribution in [-0.4, -0.2) is 64.9 Å². The van der Waals surface area contributed by atoms with Crippen LogP contribution in [0.4, 0.5) is 0 Å². The van der Waals surface area contributed by atoms with Crippen molar-refractivity contribution in [2.24, 2.45) is 4.99 Å². The molecular formula is C11H27IN4O. The van der Waals surface area contributed by atoms with Crippen LogP contribution in [0.1, 0.15) is 13.3 Å². The number of nitrogens with one attached hydrogen (secondary N) is 2. The van der Waals surface area contributed by atoms with E-state index in [1.165, 1.54) is 0 Å². The molecule has 0 aromatic carbocycles. The molecule has 0 aromatic heterocycles. The summed E-state index contributed by atoms with van der Waals surface area (Å²) in [6.45, 7) is 4.59. The Bertz CT molecular complexity index is 200. The molecule has 104 valence electrons. The predicted molar refractivity (Wildman–Crippen MR) is 84.4 cm³/mol. The maximum atomic E-state index is 5.66. The lowest BCUT2D eigenvalue weighted by Crippen LogP contribution is -2.41. The second-order valence-electron chi connectivity index (χ2n) is 3.87. The molecule has 1 unspecified atom stereocenters. The highest BCUT2D eigenvalue weighted by atomic mass is 127. The standard InChI is InChI=1S/C11H26N4O.HI/c1-6-16-10(7-8-15(4)5)9-14-11(12-2)13-3;/h10H,6-9H2,1-5H3,(H2,12,13,14);1H. The summed E-state index contributed by atoms with van der Waals surface area (Å²) >= 11 is 0. The first kappa shape index (κ1) is 19.3. The number of hydrogen-bond donors (Lipinski definition) is 2. The first-order valence-electron chi connectivity index (χ1n) is 5.78. The SMILES string of the molecule is CCOC(CCN(C)C)CNC(=NC)NC.I. The first-order valence-corrected chi connectivity index (χ1v) is 5.78. The summed E-state index contributed by atoms with van der Waals surface area (Å²) in [5, 5.41) is 6.21. The molecule has 6 heteroatoms. The van der Waals surface area contributed by atoms with Crippen molar-refractivity contribution in [1.29, 1.82) is 0 Å². The van der Waals surface area contributed by atoms with Gasteiger partial charge in [0.2, 0.25) is 0 Å². The van der Waals surface area contributed by atoms with Crippen LogP contribution in [0.5, 0.6) is 0 Å². The van der Waals surface area contributed by atoms with Crippen molar-refractivity contribution in [3.05, 3.63) is 0 Å². The maximum Gasteiger partial charge on any atom is 0.190 e. The molecule has 17 heavy (non-hydrogen) atoms. The fraction of sp³-hybridized carbons (Fsp3) is 0.909. The Morgan fingerprint density at radius 1 is 1.41 bits per heavy atom. The van der Waals surface area contributed by atoms with Gasteiger partial charge in [0.15, 0.2) is 5.96 Å². The van der Waals surface area contributed by atoms with Gasteiger partial charge in [-0.1, -0.05) is 0 Å². The Labute approximate surface area is 122 Å². The Morgan fingerprint density at radius 2 is 2.06 bits per heavy atom. The molecule has 0 fully saturated rings. The summed E-state index contributed by atoms with van der Waals surface area (Å²) in [5.41, 5.74) is 0. The highest BCUT2D eigenvalue weighted by Gasteiger charge is 2.09. The Morgan fingerprint density at radius 3 is 2.47 bits per heavy atom. The number of rotatable bonds is 7. The quantitative estimate of drug-likeness (QED) is 0.401. The number of nitrogens with zero attached hydrogens (tertiary/aromatic N) is 2. The summed E-state index contributed by atoms with van der Waals surface area (Å²) in [5.74, 6) is 0.801. The van der Waals surface area contributed by atoms with E-state index in [9.17, 15) is 0 Å². The minimum Gasteiger partial charge on any atom is -0.377 e. The number of guanidine groups is 1. The van der Waals surface area contributed by atoms with Gasteiger partial charge in [0, 0.05) is 33.8 Å². The molecule has 2 N–H and O–H groups in total. The van der Waals surface area contributed by atoms with Crippen molar-refractivity contribution in [3.63, 3.8) is 0 Å². The van der Waals surface area contributed by atoms with E-state index in [0.717, 1.165) is 32.1 Å². The van der Waals surface area contributed by atoms with Crippen LogP contribution in [0.2, 0.25) is 0 Å². The molecule has 0 rings (SSSR count). The number of ether oxygens (including phenoxy) is 1. The number of halogens is 1. The molecule has 0 radical (unpaired) electrons. The summed E-state index contributed by atoms with van der Waals surface area (Å²) in [4.78, 5) is 6.23. The second-order valence-corrected chi connectivity index (χ2v) is 3.87. The van der Waals surface area contributed by atoms with Gasteiger partial charge in [0.25, 0.3) is 0 Å². The van der Waals surface area contributed by atoms with Gasteiger partial charge in [0.1, 0.15) is 0 Å². The van der Waals surface area contributed by atoms with Gasteiger partial charge in [-0.2, -0.15) is 0 Å². The van der Waals surface area contributed by atoms with Crippen molar-refractivity contribution in [1.82, 2.24) is 15.5 Å². The van der Waals surface area contributed by atoms with Crippen LogP contribution < -0.4 is 10.6 Å².